The summed E-state index contributed by atoms with van der Waals surface area (Å²) in [6.45, 7) is 6.97. The molecule has 180 valence electrons. The van der Waals surface area contributed by atoms with E-state index in [0.717, 1.165) is 43.6 Å². The fourth-order valence-electron chi connectivity index (χ4n) is 4.29. The number of carbonyl (C=O) groups excluding carboxylic acids is 2. The Labute approximate surface area is 195 Å². The number of carbonyl (C=O) groups is 2. The van der Waals surface area contributed by atoms with Crippen molar-refractivity contribution in [1.82, 2.24) is 8.87 Å². The molecule has 2 aromatic rings. The van der Waals surface area contributed by atoms with Crippen molar-refractivity contribution in [2.75, 3.05) is 26.8 Å². The number of nitrogens with zero attached hydrogens (tertiary/aromatic N) is 2. The van der Waals surface area contributed by atoms with Gasteiger partial charge in [0.25, 0.3) is 0 Å². The minimum absolute atomic E-state index is 0.00923. The molecule has 1 aromatic heterocycles. The second-order valence-electron chi connectivity index (χ2n) is 8.21. The van der Waals surface area contributed by atoms with Crippen LogP contribution < -0.4 is 4.74 Å². The number of esters is 1. The summed E-state index contributed by atoms with van der Waals surface area (Å²) in [5, 5.41) is 0. The van der Waals surface area contributed by atoms with Gasteiger partial charge in [-0.25, -0.2) is 13.2 Å². The largest absolute Gasteiger partial charge is 0.496 e. The SMILES string of the molecule is CCn1c(C)cc(C(=O)COC(=O)c2cc(S(=O)(=O)N3CCCCCC3)ccc2OC)c1C. The van der Waals surface area contributed by atoms with Crippen molar-refractivity contribution >= 4 is 21.8 Å². The van der Waals surface area contributed by atoms with Crippen LogP contribution in [0.2, 0.25) is 0 Å². The van der Waals surface area contributed by atoms with Gasteiger partial charge in [-0.05, 0) is 57.9 Å². The fourth-order valence-corrected chi connectivity index (χ4v) is 5.84. The number of Topliss-reactive ketones (excluding diaryl/α,β-unsaturated/α-hetero) is 1. The van der Waals surface area contributed by atoms with Crippen LogP contribution in [0.5, 0.6) is 5.75 Å². The summed E-state index contributed by atoms with van der Waals surface area (Å²) in [5.74, 6) is -0.938. The van der Waals surface area contributed by atoms with Crippen molar-refractivity contribution < 1.29 is 27.5 Å². The van der Waals surface area contributed by atoms with Crippen molar-refractivity contribution in [2.45, 2.75) is 57.9 Å². The summed E-state index contributed by atoms with van der Waals surface area (Å²) < 4.78 is 40.3. The van der Waals surface area contributed by atoms with Gasteiger partial charge >= 0.3 is 5.97 Å². The molecule has 3 rings (SSSR count). The zero-order valence-corrected chi connectivity index (χ0v) is 20.5. The quantitative estimate of drug-likeness (QED) is 0.426. The Morgan fingerprint density at radius 1 is 1.00 bits per heavy atom. The number of sulfonamides is 1. The number of ether oxygens (including phenoxy) is 2. The highest BCUT2D eigenvalue weighted by Crippen LogP contribution is 2.27. The molecule has 1 aromatic carbocycles. The van der Waals surface area contributed by atoms with Crippen LogP contribution in [0.4, 0.5) is 0 Å². The van der Waals surface area contributed by atoms with E-state index in [1.165, 1.54) is 29.6 Å². The molecular formula is C24H32N2O6S. The van der Waals surface area contributed by atoms with E-state index < -0.39 is 22.6 Å². The van der Waals surface area contributed by atoms with E-state index in [4.69, 9.17) is 9.47 Å². The van der Waals surface area contributed by atoms with Crippen molar-refractivity contribution in [3.05, 3.63) is 46.8 Å². The maximum Gasteiger partial charge on any atom is 0.342 e. The molecule has 0 spiro atoms. The van der Waals surface area contributed by atoms with Crippen LogP contribution in [0.1, 0.15) is 64.7 Å². The average Bonchev–Trinajstić information content (AvgIpc) is 2.98. The molecule has 0 aliphatic carbocycles. The third kappa shape index (κ3) is 5.30. The van der Waals surface area contributed by atoms with Gasteiger partial charge in [0.2, 0.25) is 15.8 Å². The number of rotatable bonds is 8. The number of methoxy groups -OCH3 is 1. The molecule has 0 amide bonds. The molecule has 8 nitrogen and oxygen atoms in total. The molecule has 1 saturated heterocycles. The molecule has 0 bridgehead atoms. The lowest BCUT2D eigenvalue weighted by atomic mass is 10.1. The number of aryl methyl sites for hydroxylation is 1. The first kappa shape index (κ1) is 25.0. The van der Waals surface area contributed by atoms with E-state index in [9.17, 15) is 18.0 Å². The van der Waals surface area contributed by atoms with Crippen LogP contribution in [0.25, 0.3) is 0 Å². The molecule has 1 aliphatic rings. The molecule has 0 atom stereocenters. The number of hydrogen-bond acceptors (Lipinski definition) is 6. The average molecular weight is 477 g/mol. The first-order valence-electron chi connectivity index (χ1n) is 11.3. The minimum Gasteiger partial charge on any atom is -0.496 e. The van der Waals surface area contributed by atoms with Crippen LogP contribution in [0.15, 0.2) is 29.2 Å². The Kier molecular flexibility index (Phi) is 7.97. The summed E-state index contributed by atoms with van der Waals surface area (Å²) >= 11 is 0. The Bertz CT molecular complexity index is 1130. The van der Waals surface area contributed by atoms with Gasteiger partial charge in [0, 0.05) is 36.6 Å². The zero-order valence-electron chi connectivity index (χ0n) is 19.7. The third-order valence-electron chi connectivity index (χ3n) is 6.12. The van der Waals surface area contributed by atoms with Crippen molar-refractivity contribution in [3.63, 3.8) is 0 Å². The van der Waals surface area contributed by atoms with Crippen LogP contribution in [0, 0.1) is 13.8 Å². The maximum atomic E-state index is 13.1. The third-order valence-corrected chi connectivity index (χ3v) is 8.01. The Balaban J connectivity index is 1.80. The van der Waals surface area contributed by atoms with Crippen LogP contribution >= 0.6 is 0 Å². The van der Waals surface area contributed by atoms with E-state index in [1.54, 1.807) is 6.07 Å². The standard InChI is InChI=1S/C24H32N2O6S/c1-5-26-17(2)14-20(18(26)3)22(27)16-32-24(28)21-15-19(10-11-23(21)31-4)33(29,30)25-12-8-6-7-9-13-25/h10-11,14-15H,5-9,12-13,16H2,1-4H3. The molecule has 0 saturated carbocycles. The summed E-state index contributed by atoms with van der Waals surface area (Å²) in [5.41, 5.74) is 2.25. The van der Waals surface area contributed by atoms with Gasteiger partial charge < -0.3 is 14.0 Å². The van der Waals surface area contributed by atoms with Gasteiger partial charge in [-0.2, -0.15) is 4.31 Å². The number of benzene rings is 1. The molecular weight excluding hydrogens is 444 g/mol. The molecule has 0 radical (unpaired) electrons. The topological polar surface area (TPSA) is 94.9 Å². The van der Waals surface area contributed by atoms with Gasteiger partial charge in [-0.15, -0.1) is 0 Å². The summed E-state index contributed by atoms with van der Waals surface area (Å²) in [6.07, 6.45) is 3.62. The van der Waals surface area contributed by atoms with Gasteiger partial charge in [0.05, 0.1) is 12.0 Å². The van der Waals surface area contributed by atoms with Crippen molar-refractivity contribution in [1.29, 1.82) is 0 Å². The molecule has 1 aliphatic heterocycles. The monoisotopic (exact) mass is 476 g/mol. The molecule has 9 heteroatoms. The predicted molar refractivity (Wildman–Crippen MR) is 124 cm³/mol. The minimum atomic E-state index is -3.75. The first-order chi connectivity index (χ1) is 15.7. The predicted octanol–water partition coefficient (Wildman–Crippen LogP) is 3.74. The normalized spacial score (nSPS) is 15.2. The molecule has 33 heavy (non-hydrogen) atoms. The zero-order chi connectivity index (χ0) is 24.2. The van der Waals surface area contributed by atoms with E-state index in [1.807, 2.05) is 25.3 Å². The lowest BCUT2D eigenvalue weighted by molar-refractivity contribution is 0.0471. The van der Waals surface area contributed by atoms with Gasteiger partial charge in [-0.1, -0.05) is 12.8 Å². The van der Waals surface area contributed by atoms with Crippen molar-refractivity contribution in [3.8, 4) is 5.75 Å². The highest BCUT2D eigenvalue weighted by molar-refractivity contribution is 7.89. The van der Waals surface area contributed by atoms with Crippen molar-refractivity contribution in [2.24, 2.45) is 0 Å². The highest BCUT2D eigenvalue weighted by atomic mass is 32.2. The second-order valence-corrected chi connectivity index (χ2v) is 10.1. The lowest BCUT2D eigenvalue weighted by Crippen LogP contribution is -2.32. The molecule has 0 N–H and O–H groups in total. The first-order valence-corrected chi connectivity index (χ1v) is 12.7. The molecule has 2 heterocycles. The number of hydrogen-bond donors (Lipinski definition) is 0. The second kappa shape index (κ2) is 10.5. The van der Waals surface area contributed by atoms with E-state index in [-0.39, 0.29) is 22.0 Å². The van der Waals surface area contributed by atoms with Crippen LogP contribution in [0.3, 0.4) is 0 Å². The Morgan fingerprint density at radius 2 is 1.67 bits per heavy atom. The Hall–Kier alpha value is -2.65. The van der Waals surface area contributed by atoms with Gasteiger partial charge in [0.15, 0.2) is 6.61 Å². The van der Waals surface area contributed by atoms with Gasteiger partial charge in [0.1, 0.15) is 11.3 Å². The number of ketones is 1. The smallest absolute Gasteiger partial charge is 0.342 e. The summed E-state index contributed by atoms with van der Waals surface area (Å²) in [4.78, 5) is 25.5. The molecule has 1 fully saturated rings. The highest BCUT2D eigenvalue weighted by Gasteiger charge is 2.28. The summed E-state index contributed by atoms with van der Waals surface area (Å²) in [6, 6.07) is 5.93. The maximum absolute atomic E-state index is 13.1. The van der Waals surface area contributed by atoms with E-state index >= 15 is 0 Å². The van der Waals surface area contributed by atoms with Crippen LogP contribution in [-0.2, 0) is 21.3 Å². The van der Waals surface area contributed by atoms with Crippen LogP contribution in [-0.4, -0.2) is 55.8 Å². The molecule has 0 unspecified atom stereocenters. The van der Waals surface area contributed by atoms with Gasteiger partial charge in [-0.3, -0.25) is 4.79 Å². The number of aromatic nitrogens is 1. The lowest BCUT2D eigenvalue weighted by Gasteiger charge is -2.20. The summed E-state index contributed by atoms with van der Waals surface area (Å²) in [7, 11) is -2.36. The van der Waals surface area contributed by atoms with E-state index in [2.05, 4.69) is 0 Å². The fraction of sp³-hybridized carbons (Fsp3) is 0.500. The Morgan fingerprint density at radius 3 is 2.24 bits per heavy atom. The van der Waals surface area contributed by atoms with E-state index in [0.29, 0.717) is 18.7 Å².